The van der Waals surface area contributed by atoms with Crippen molar-refractivity contribution in [3.05, 3.63) is 78.0 Å². The molecule has 9 heteroatoms. The van der Waals surface area contributed by atoms with E-state index in [0.717, 1.165) is 4.88 Å². The summed E-state index contributed by atoms with van der Waals surface area (Å²) in [6.45, 7) is 0. The number of aryl methyl sites for hydroxylation is 1. The van der Waals surface area contributed by atoms with Crippen LogP contribution < -0.4 is 16.0 Å². The van der Waals surface area contributed by atoms with E-state index < -0.39 is 0 Å². The van der Waals surface area contributed by atoms with Crippen molar-refractivity contribution >= 4 is 40.3 Å². The molecule has 2 heterocycles. The Labute approximate surface area is 182 Å². The first-order valence-electron chi connectivity index (χ1n) is 9.55. The highest BCUT2D eigenvalue weighted by molar-refractivity contribution is 7.13. The van der Waals surface area contributed by atoms with Crippen LogP contribution in [0.3, 0.4) is 0 Å². The van der Waals surface area contributed by atoms with Gasteiger partial charge in [0, 0.05) is 29.9 Å². The van der Waals surface area contributed by atoms with E-state index in [2.05, 4.69) is 26.1 Å². The molecule has 2 aromatic carbocycles. The number of benzene rings is 2. The van der Waals surface area contributed by atoms with Gasteiger partial charge in [0.15, 0.2) is 0 Å². The van der Waals surface area contributed by atoms with Crippen molar-refractivity contribution in [3.8, 4) is 10.7 Å². The van der Waals surface area contributed by atoms with Gasteiger partial charge in [0.25, 0.3) is 0 Å². The van der Waals surface area contributed by atoms with Gasteiger partial charge in [0.1, 0.15) is 0 Å². The second-order valence-electron chi connectivity index (χ2n) is 6.56. The number of para-hydroxylation sites is 1. The summed E-state index contributed by atoms with van der Waals surface area (Å²) in [5, 5.41) is 14.2. The molecular weight excluding hydrogens is 414 g/mol. The third-order valence-electron chi connectivity index (χ3n) is 4.23. The number of urea groups is 1. The molecule has 3 N–H and O–H groups in total. The van der Waals surface area contributed by atoms with Crippen molar-refractivity contribution in [3.63, 3.8) is 0 Å². The molecule has 0 aliphatic heterocycles. The lowest BCUT2D eigenvalue weighted by Crippen LogP contribution is -2.19. The molecule has 0 atom stereocenters. The number of thiophene rings is 1. The molecule has 156 valence electrons. The quantitative estimate of drug-likeness (QED) is 0.379. The van der Waals surface area contributed by atoms with Crippen LogP contribution in [0.25, 0.3) is 10.7 Å². The Bertz CT molecular complexity index is 1140. The highest BCUT2D eigenvalue weighted by Gasteiger charge is 2.11. The number of aromatic nitrogens is 2. The highest BCUT2D eigenvalue weighted by atomic mass is 32.1. The summed E-state index contributed by atoms with van der Waals surface area (Å²) in [4.78, 5) is 29.5. The maximum absolute atomic E-state index is 12.2. The Morgan fingerprint density at radius 3 is 2.19 bits per heavy atom. The molecule has 0 spiro atoms. The maximum atomic E-state index is 12.2. The zero-order valence-corrected chi connectivity index (χ0v) is 17.2. The summed E-state index contributed by atoms with van der Waals surface area (Å²) in [6.07, 6.45) is 0.565. The molecule has 0 radical (unpaired) electrons. The van der Waals surface area contributed by atoms with E-state index in [1.54, 1.807) is 36.4 Å². The molecule has 2 aromatic heterocycles. The fourth-order valence-electron chi connectivity index (χ4n) is 2.76. The molecule has 4 rings (SSSR count). The fraction of sp³-hybridized carbons (Fsp3) is 0.0909. The molecule has 0 aliphatic rings. The highest BCUT2D eigenvalue weighted by Crippen LogP contribution is 2.21. The topological polar surface area (TPSA) is 109 Å². The van der Waals surface area contributed by atoms with Crippen LogP contribution in [0.1, 0.15) is 12.3 Å². The van der Waals surface area contributed by atoms with Gasteiger partial charge in [0.2, 0.25) is 17.6 Å². The van der Waals surface area contributed by atoms with Crippen molar-refractivity contribution in [2.24, 2.45) is 0 Å². The van der Waals surface area contributed by atoms with E-state index in [4.69, 9.17) is 4.52 Å². The average Bonchev–Trinajstić information content (AvgIpc) is 3.46. The van der Waals surface area contributed by atoms with Crippen molar-refractivity contribution in [1.82, 2.24) is 10.1 Å². The van der Waals surface area contributed by atoms with E-state index in [1.165, 1.54) is 11.3 Å². The zero-order chi connectivity index (χ0) is 21.5. The van der Waals surface area contributed by atoms with Crippen molar-refractivity contribution in [1.29, 1.82) is 0 Å². The standard InChI is InChI=1S/C22H19N5O3S/c28-19(12-13-20-26-21(27-30-20)18-7-4-14-31-18)23-16-8-10-17(11-9-16)25-22(29)24-15-5-2-1-3-6-15/h1-11,14H,12-13H2,(H,23,28)(H2,24,25,29). The lowest BCUT2D eigenvalue weighted by atomic mass is 10.2. The maximum Gasteiger partial charge on any atom is 0.323 e. The third-order valence-corrected chi connectivity index (χ3v) is 5.10. The number of amides is 3. The number of nitrogens with zero attached hydrogens (tertiary/aromatic N) is 2. The predicted octanol–water partition coefficient (Wildman–Crippen LogP) is 5.01. The van der Waals surface area contributed by atoms with Crippen LogP contribution in [0.4, 0.5) is 21.9 Å². The normalized spacial score (nSPS) is 10.5. The molecule has 0 saturated heterocycles. The molecular formula is C22H19N5O3S. The Hall–Kier alpha value is -3.98. The Balaban J connectivity index is 1.24. The molecule has 3 amide bonds. The van der Waals surface area contributed by atoms with Gasteiger partial charge in [-0.05, 0) is 47.8 Å². The minimum Gasteiger partial charge on any atom is -0.339 e. The summed E-state index contributed by atoms with van der Waals surface area (Å²) < 4.78 is 5.20. The smallest absolute Gasteiger partial charge is 0.323 e. The van der Waals surface area contributed by atoms with Gasteiger partial charge in [-0.1, -0.05) is 29.4 Å². The average molecular weight is 433 g/mol. The molecule has 0 aliphatic carbocycles. The molecule has 0 saturated carbocycles. The van der Waals surface area contributed by atoms with Gasteiger partial charge in [0.05, 0.1) is 4.88 Å². The Morgan fingerprint density at radius 1 is 0.839 bits per heavy atom. The number of hydrogen-bond donors (Lipinski definition) is 3. The molecule has 31 heavy (non-hydrogen) atoms. The summed E-state index contributed by atoms with van der Waals surface area (Å²) in [7, 11) is 0. The Kier molecular flexibility index (Phi) is 6.34. The van der Waals surface area contributed by atoms with Crippen LogP contribution in [0, 0.1) is 0 Å². The van der Waals surface area contributed by atoms with Crippen LogP contribution in [-0.4, -0.2) is 22.1 Å². The second kappa shape index (κ2) is 9.68. The number of carbonyl (C=O) groups is 2. The van der Waals surface area contributed by atoms with Gasteiger partial charge in [-0.2, -0.15) is 4.98 Å². The van der Waals surface area contributed by atoms with Crippen LogP contribution in [0.15, 0.2) is 76.6 Å². The van der Waals surface area contributed by atoms with E-state index >= 15 is 0 Å². The van der Waals surface area contributed by atoms with Gasteiger partial charge >= 0.3 is 6.03 Å². The van der Waals surface area contributed by atoms with Crippen LogP contribution >= 0.6 is 11.3 Å². The zero-order valence-electron chi connectivity index (χ0n) is 16.4. The molecule has 0 unspecified atom stereocenters. The van der Waals surface area contributed by atoms with Crippen molar-refractivity contribution in [2.45, 2.75) is 12.8 Å². The minimum atomic E-state index is -0.343. The predicted molar refractivity (Wildman–Crippen MR) is 120 cm³/mol. The number of rotatable bonds is 7. The van der Waals surface area contributed by atoms with Crippen LogP contribution in [-0.2, 0) is 11.2 Å². The first-order chi connectivity index (χ1) is 15.2. The molecule has 8 nitrogen and oxygen atoms in total. The number of nitrogens with one attached hydrogen (secondary N) is 3. The van der Waals surface area contributed by atoms with E-state index in [1.807, 2.05) is 35.7 Å². The monoisotopic (exact) mass is 433 g/mol. The van der Waals surface area contributed by atoms with Gasteiger partial charge in [-0.25, -0.2) is 4.79 Å². The van der Waals surface area contributed by atoms with Gasteiger partial charge < -0.3 is 20.5 Å². The Morgan fingerprint density at radius 2 is 1.52 bits per heavy atom. The van der Waals surface area contributed by atoms with E-state index in [0.29, 0.717) is 35.2 Å². The van der Waals surface area contributed by atoms with Crippen LogP contribution in [0.2, 0.25) is 0 Å². The first-order valence-corrected chi connectivity index (χ1v) is 10.4. The van der Waals surface area contributed by atoms with Crippen molar-refractivity contribution in [2.75, 3.05) is 16.0 Å². The first kappa shape index (κ1) is 20.3. The third kappa shape index (κ3) is 5.77. The molecule has 0 bridgehead atoms. The lowest BCUT2D eigenvalue weighted by Gasteiger charge is -2.09. The number of carbonyl (C=O) groups excluding carboxylic acids is 2. The van der Waals surface area contributed by atoms with Crippen molar-refractivity contribution < 1.29 is 14.1 Å². The number of hydrogen-bond acceptors (Lipinski definition) is 6. The molecule has 4 aromatic rings. The summed E-state index contributed by atoms with van der Waals surface area (Å²) in [5.41, 5.74) is 1.94. The second-order valence-corrected chi connectivity index (χ2v) is 7.51. The van der Waals surface area contributed by atoms with E-state index in [9.17, 15) is 9.59 Å². The summed E-state index contributed by atoms with van der Waals surface area (Å²) in [5.74, 6) is 0.783. The molecule has 0 fully saturated rings. The van der Waals surface area contributed by atoms with E-state index in [-0.39, 0.29) is 18.4 Å². The number of anilines is 3. The minimum absolute atomic E-state index is 0.168. The van der Waals surface area contributed by atoms with Crippen LogP contribution in [0.5, 0.6) is 0 Å². The van der Waals surface area contributed by atoms with Gasteiger partial charge in [-0.15, -0.1) is 11.3 Å². The van der Waals surface area contributed by atoms with Gasteiger partial charge in [-0.3, -0.25) is 4.79 Å². The SMILES string of the molecule is O=C(CCc1nc(-c2cccs2)no1)Nc1ccc(NC(=O)Nc2ccccc2)cc1. The summed E-state index contributed by atoms with van der Waals surface area (Å²) in [6, 6.07) is 19.5. The largest absolute Gasteiger partial charge is 0.339 e. The fourth-order valence-corrected chi connectivity index (χ4v) is 3.41. The lowest BCUT2D eigenvalue weighted by molar-refractivity contribution is -0.116. The summed E-state index contributed by atoms with van der Waals surface area (Å²) >= 11 is 1.53.